The van der Waals surface area contributed by atoms with E-state index in [1.807, 2.05) is 12.1 Å². The van der Waals surface area contributed by atoms with Crippen molar-refractivity contribution >= 4 is 0 Å². The van der Waals surface area contributed by atoms with Crippen molar-refractivity contribution in [2.24, 2.45) is 0 Å². The normalized spacial score (nSPS) is 18.1. The molecule has 1 atom stereocenters. The Morgan fingerprint density at radius 2 is 1.83 bits per heavy atom. The number of aliphatic hydroxyl groups excluding tert-OH is 1. The molecule has 0 aliphatic carbocycles. The van der Waals surface area contributed by atoms with Gasteiger partial charge in [-0.15, -0.1) is 0 Å². The summed E-state index contributed by atoms with van der Waals surface area (Å²) in [6, 6.07) is 6.08. The van der Waals surface area contributed by atoms with Crippen molar-refractivity contribution in [2.75, 3.05) is 59.6 Å². The van der Waals surface area contributed by atoms with Gasteiger partial charge >= 0.3 is 0 Å². The molecule has 0 saturated carbocycles. The number of ether oxygens (including phenoxy) is 2. The van der Waals surface area contributed by atoms with E-state index in [9.17, 15) is 5.11 Å². The van der Waals surface area contributed by atoms with Gasteiger partial charge in [0.15, 0.2) is 0 Å². The smallest absolute Gasteiger partial charge is 0.119 e. The molecule has 1 unspecified atom stereocenters. The zero-order valence-corrected chi connectivity index (χ0v) is 14.6. The van der Waals surface area contributed by atoms with Crippen LogP contribution in [0.4, 0.5) is 0 Å². The quantitative estimate of drug-likeness (QED) is 0.731. The number of piperazine rings is 1. The SMILES string of the molecule is Cc1ccc(OCCOCC(O)CN2CCN(C)CC2)cc1C. The van der Waals surface area contributed by atoms with Crippen LogP contribution in [0.2, 0.25) is 0 Å². The van der Waals surface area contributed by atoms with Gasteiger partial charge in [0.05, 0.1) is 19.3 Å². The molecule has 1 aliphatic heterocycles. The molecule has 23 heavy (non-hydrogen) atoms. The summed E-state index contributed by atoms with van der Waals surface area (Å²) in [5.74, 6) is 0.870. The maximum Gasteiger partial charge on any atom is 0.119 e. The van der Waals surface area contributed by atoms with E-state index in [4.69, 9.17) is 9.47 Å². The molecule has 0 bridgehead atoms. The first kappa shape index (κ1) is 18.2. The minimum absolute atomic E-state index is 0.364. The lowest BCUT2D eigenvalue weighted by Gasteiger charge is -2.33. The number of aryl methyl sites for hydroxylation is 2. The summed E-state index contributed by atoms with van der Waals surface area (Å²) >= 11 is 0. The fourth-order valence-electron chi connectivity index (χ4n) is 2.62. The number of hydrogen-bond donors (Lipinski definition) is 1. The lowest BCUT2D eigenvalue weighted by atomic mass is 10.1. The number of benzene rings is 1. The second-order valence-electron chi connectivity index (χ2n) is 6.43. The predicted octanol–water partition coefficient (Wildman–Crippen LogP) is 1.31. The summed E-state index contributed by atoms with van der Waals surface area (Å²) in [5, 5.41) is 10.0. The molecule has 5 heteroatoms. The molecular weight excluding hydrogens is 292 g/mol. The van der Waals surface area contributed by atoms with E-state index in [0.717, 1.165) is 31.9 Å². The average Bonchev–Trinajstić information content (AvgIpc) is 2.53. The maximum absolute atomic E-state index is 10.0. The summed E-state index contributed by atoms with van der Waals surface area (Å²) in [5.41, 5.74) is 2.49. The minimum Gasteiger partial charge on any atom is -0.491 e. The second-order valence-corrected chi connectivity index (χ2v) is 6.43. The monoisotopic (exact) mass is 322 g/mol. The predicted molar refractivity (Wildman–Crippen MR) is 92.2 cm³/mol. The van der Waals surface area contributed by atoms with Crippen molar-refractivity contribution in [3.8, 4) is 5.75 Å². The maximum atomic E-state index is 10.0. The Morgan fingerprint density at radius 1 is 1.09 bits per heavy atom. The first-order chi connectivity index (χ1) is 11.0. The number of aliphatic hydroxyl groups is 1. The number of hydrogen-bond acceptors (Lipinski definition) is 5. The highest BCUT2D eigenvalue weighted by molar-refractivity contribution is 5.33. The van der Waals surface area contributed by atoms with E-state index >= 15 is 0 Å². The van der Waals surface area contributed by atoms with Crippen LogP contribution in [-0.4, -0.2) is 80.6 Å². The molecule has 0 amide bonds. The van der Waals surface area contributed by atoms with Crippen LogP contribution in [0.25, 0.3) is 0 Å². The number of rotatable bonds is 8. The summed E-state index contributed by atoms with van der Waals surface area (Å²) in [6.07, 6.45) is -0.431. The molecule has 130 valence electrons. The third kappa shape index (κ3) is 6.47. The molecule has 0 radical (unpaired) electrons. The third-order valence-electron chi connectivity index (χ3n) is 4.35. The van der Waals surface area contributed by atoms with E-state index < -0.39 is 6.10 Å². The summed E-state index contributed by atoms with van der Waals surface area (Å²) in [4.78, 5) is 4.60. The number of β-amino-alcohol motifs (C(OH)–C–C–N with tert-alkyl or cyclic N) is 1. The lowest BCUT2D eigenvalue weighted by molar-refractivity contribution is 0.00149. The summed E-state index contributed by atoms with van der Waals surface area (Å²) in [6.45, 7) is 10.4. The highest BCUT2D eigenvalue weighted by atomic mass is 16.5. The zero-order chi connectivity index (χ0) is 16.7. The van der Waals surface area contributed by atoms with Gasteiger partial charge in [-0.1, -0.05) is 6.07 Å². The van der Waals surface area contributed by atoms with Gasteiger partial charge < -0.3 is 19.5 Å². The van der Waals surface area contributed by atoms with Crippen molar-refractivity contribution in [3.63, 3.8) is 0 Å². The van der Waals surface area contributed by atoms with Crippen LogP contribution >= 0.6 is 0 Å². The van der Waals surface area contributed by atoms with Crippen LogP contribution in [0.1, 0.15) is 11.1 Å². The standard InChI is InChI=1S/C18H30N2O3/c1-15-4-5-18(12-16(15)2)23-11-10-22-14-17(21)13-20-8-6-19(3)7-9-20/h4-5,12,17,21H,6-11,13-14H2,1-3H3. The van der Waals surface area contributed by atoms with Gasteiger partial charge in [-0.3, -0.25) is 4.90 Å². The molecule has 1 N–H and O–H groups in total. The third-order valence-corrected chi connectivity index (χ3v) is 4.35. The van der Waals surface area contributed by atoms with Crippen molar-refractivity contribution in [1.82, 2.24) is 9.80 Å². The summed E-state index contributed by atoms with van der Waals surface area (Å²) in [7, 11) is 2.13. The van der Waals surface area contributed by atoms with E-state index in [1.54, 1.807) is 0 Å². The van der Waals surface area contributed by atoms with Gasteiger partial charge in [-0.25, -0.2) is 0 Å². The van der Waals surface area contributed by atoms with Crippen molar-refractivity contribution in [3.05, 3.63) is 29.3 Å². The van der Waals surface area contributed by atoms with Gasteiger partial charge in [-0.2, -0.15) is 0 Å². The molecule has 1 saturated heterocycles. The average molecular weight is 322 g/mol. The molecular formula is C18H30N2O3. The number of nitrogens with zero attached hydrogens (tertiary/aromatic N) is 2. The molecule has 1 fully saturated rings. The molecule has 1 heterocycles. The van der Waals surface area contributed by atoms with Gasteiger partial charge in [0.1, 0.15) is 12.4 Å². The molecule has 0 aromatic heterocycles. The van der Waals surface area contributed by atoms with Crippen LogP contribution in [0, 0.1) is 13.8 Å². The van der Waals surface area contributed by atoms with Gasteiger partial charge in [0.25, 0.3) is 0 Å². The Kier molecular flexibility index (Phi) is 7.30. The fraction of sp³-hybridized carbons (Fsp3) is 0.667. The Hall–Kier alpha value is -1.14. The first-order valence-corrected chi connectivity index (χ1v) is 8.41. The van der Waals surface area contributed by atoms with E-state index in [0.29, 0.717) is 26.4 Å². The summed E-state index contributed by atoms with van der Waals surface area (Å²) < 4.78 is 11.2. The Morgan fingerprint density at radius 3 is 2.52 bits per heavy atom. The van der Waals surface area contributed by atoms with Gasteiger partial charge in [0.2, 0.25) is 0 Å². The molecule has 2 rings (SSSR count). The van der Waals surface area contributed by atoms with Crippen LogP contribution in [-0.2, 0) is 4.74 Å². The zero-order valence-electron chi connectivity index (χ0n) is 14.6. The van der Waals surface area contributed by atoms with Crippen LogP contribution in [0.5, 0.6) is 5.75 Å². The first-order valence-electron chi connectivity index (χ1n) is 8.41. The molecule has 1 aliphatic rings. The van der Waals surface area contributed by atoms with Crippen LogP contribution < -0.4 is 4.74 Å². The van der Waals surface area contributed by atoms with E-state index in [-0.39, 0.29) is 0 Å². The topological polar surface area (TPSA) is 45.2 Å². The van der Waals surface area contributed by atoms with E-state index in [2.05, 4.69) is 36.8 Å². The molecule has 1 aromatic rings. The Balaban J connectivity index is 1.55. The van der Waals surface area contributed by atoms with Gasteiger partial charge in [-0.05, 0) is 44.2 Å². The molecule has 5 nitrogen and oxygen atoms in total. The fourth-order valence-corrected chi connectivity index (χ4v) is 2.62. The van der Waals surface area contributed by atoms with Crippen molar-refractivity contribution in [2.45, 2.75) is 20.0 Å². The Bertz CT molecular complexity index is 473. The van der Waals surface area contributed by atoms with E-state index in [1.165, 1.54) is 11.1 Å². The molecule has 1 aromatic carbocycles. The van der Waals surface area contributed by atoms with Crippen LogP contribution in [0.3, 0.4) is 0 Å². The highest BCUT2D eigenvalue weighted by Gasteiger charge is 2.16. The Labute approximate surface area is 139 Å². The van der Waals surface area contributed by atoms with Crippen LogP contribution in [0.15, 0.2) is 18.2 Å². The van der Waals surface area contributed by atoms with Gasteiger partial charge in [0, 0.05) is 32.7 Å². The largest absolute Gasteiger partial charge is 0.491 e. The van der Waals surface area contributed by atoms with Crippen molar-refractivity contribution in [1.29, 1.82) is 0 Å². The minimum atomic E-state index is -0.431. The highest BCUT2D eigenvalue weighted by Crippen LogP contribution is 2.16. The second kappa shape index (κ2) is 9.23. The number of likely N-dealkylation sites (N-methyl/N-ethyl adjacent to an activating group) is 1. The van der Waals surface area contributed by atoms with Crippen molar-refractivity contribution < 1.29 is 14.6 Å². The molecule has 0 spiro atoms. The lowest BCUT2D eigenvalue weighted by Crippen LogP contribution is -2.47.